The SMILES string of the molecule is CC(=O)Nc1ccc(-n2cc(O)n(C(C)C)c2=O)cc1. The third kappa shape index (κ3) is 2.59. The first kappa shape index (κ1) is 13.9. The molecule has 1 aromatic carbocycles. The maximum absolute atomic E-state index is 12.2. The van der Waals surface area contributed by atoms with Gasteiger partial charge in [-0.25, -0.2) is 4.79 Å². The normalized spacial score (nSPS) is 10.8. The summed E-state index contributed by atoms with van der Waals surface area (Å²) in [4.78, 5) is 23.1. The van der Waals surface area contributed by atoms with E-state index < -0.39 is 0 Å². The van der Waals surface area contributed by atoms with Gasteiger partial charge in [0.1, 0.15) is 0 Å². The van der Waals surface area contributed by atoms with Crippen molar-refractivity contribution < 1.29 is 9.90 Å². The number of amides is 1. The molecule has 0 aliphatic carbocycles. The van der Waals surface area contributed by atoms with Crippen LogP contribution in [0.1, 0.15) is 26.8 Å². The summed E-state index contributed by atoms with van der Waals surface area (Å²) in [7, 11) is 0. The van der Waals surface area contributed by atoms with E-state index in [1.54, 1.807) is 24.3 Å². The number of benzene rings is 1. The lowest BCUT2D eigenvalue weighted by molar-refractivity contribution is -0.114. The fourth-order valence-corrected chi connectivity index (χ4v) is 2.03. The molecule has 0 aliphatic heterocycles. The molecule has 1 amide bonds. The predicted molar refractivity (Wildman–Crippen MR) is 76.4 cm³/mol. The zero-order valence-electron chi connectivity index (χ0n) is 11.6. The Labute approximate surface area is 116 Å². The molecule has 6 nitrogen and oxygen atoms in total. The van der Waals surface area contributed by atoms with Gasteiger partial charge < -0.3 is 10.4 Å². The van der Waals surface area contributed by atoms with Gasteiger partial charge in [0.2, 0.25) is 11.8 Å². The summed E-state index contributed by atoms with van der Waals surface area (Å²) < 4.78 is 2.68. The molecule has 0 aliphatic rings. The van der Waals surface area contributed by atoms with E-state index in [2.05, 4.69) is 5.32 Å². The van der Waals surface area contributed by atoms with Gasteiger partial charge in [0.25, 0.3) is 0 Å². The molecule has 2 rings (SSSR count). The fourth-order valence-electron chi connectivity index (χ4n) is 2.03. The van der Waals surface area contributed by atoms with Crippen molar-refractivity contribution in [3.63, 3.8) is 0 Å². The van der Waals surface area contributed by atoms with Gasteiger partial charge in [-0.1, -0.05) is 0 Å². The lowest BCUT2D eigenvalue weighted by Gasteiger charge is -2.06. The van der Waals surface area contributed by atoms with Gasteiger partial charge in [-0.3, -0.25) is 13.9 Å². The smallest absolute Gasteiger partial charge is 0.335 e. The number of anilines is 1. The van der Waals surface area contributed by atoms with Gasteiger partial charge in [-0.05, 0) is 38.1 Å². The van der Waals surface area contributed by atoms with Crippen LogP contribution in [0, 0.1) is 0 Å². The summed E-state index contributed by atoms with van der Waals surface area (Å²) in [5, 5.41) is 12.5. The first-order valence-electron chi connectivity index (χ1n) is 6.31. The molecule has 1 heterocycles. The largest absolute Gasteiger partial charge is 0.493 e. The van der Waals surface area contributed by atoms with Crippen LogP contribution in [0.5, 0.6) is 5.88 Å². The monoisotopic (exact) mass is 275 g/mol. The van der Waals surface area contributed by atoms with Gasteiger partial charge in [0.05, 0.1) is 11.9 Å². The number of nitrogens with one attached hydrogen (secondary N) is 1. The van der Waals surface area contributed by atoms with Crippen LogP contribution in [0.25, 0.3) is 5.69 Å². The second-order valence-electron chi connectivity index (χ2n) is 4.83. The summed E-state index contributed by atoms with van der Waals surface area (Å²) in [5.41, 5.74) is 0.977. The Bertz CT molecular complexity index is 681. The van der Waals surface area contributed by atoms with Crippen LogP contribution in [0.2, 0.25) is 0 Å². The maximum Gasteiger partial charge on any atom is 0.335 e. The van der Waals surface area contributed by atoms with Crippen molar-refractivity contribution in [3.05, 3.63) is 40.9 Å². The lowest BCUT2D eigenvalue weighted by Crippen LogP contribution is -2.24. The van der Waals surface area contributed by atoms with Gasteiger partial charge in [-0.15, -0.1) is 0 Å². The van der Waals surface area contributed by atoms with Crippen molar-refractivity contribution >= 4 is 11.6 Å². The predicted octanol–water partition coefficient (Wildman–Crippen LogP) is 1.88. The molecule has 20 heavy (non-hydrogen) atoms. The van der Waals surface area contributed by atoms with E-state index in [1.807, 2.05) is 13.8 Å². The van der Waals surface area contributed by atoms with Gasteiger partial charge in [0.15, 0.2) is 0 Å². The van der Waals surface area contributed by atoms with E-state index in [0.717, 1.165) is 0 Å². The number of nitrogens with zero attached hydrogens (tertiary/aromatic N) is 2. The maximum atomic E-state index is 12.2. The highest BCUT2D eigenvalue weighted by Gasteiger charge is 2.13. The third-order valence-electron chi connectivity index (χ3n) is 2.89. The highest BCUT2D eigenvalue weighted by Crippen LogP contribution is 2.17. The second-order valence-corrected chi connectivity index (χ2v) is 4.83. The lowest BCUT2D eigenvalue weighted by atomic mass is 10.3. The average molecular weight is 275 g/mol. The van der Waals surface area contributed by atoms with Crippen molar-refractivity contribution in [2.75, 3.05) is 5.32 Å². The highest BCUT2D eigenvalue weighted by molar-refractivity contribution is 5.88. The number of hydrogen-bond donors (Lipinski definition) is 2. The Morgan fingerprint density at radius 2 is 1.85 bits per heavy atom. The molecule has 2 aromatic rings. The number of carbonyl (C=O) groups is 1. The number of hydrogen-bond acceptors (Lipinski definition) is 3. The number of rotatable bonds is 3. The van der Waals surface area contributed by atoms with Crippen LogP contribution in [0.3, 0.4) is 0 Å². The number of carbonyl (C=O) groups excluding carboxylic acids is 1. The topological polar surface area (TPSA) is 76.3 Å². The molecule has 0 radical (unpaired) electrons. The van der Waals surface area contributed by atoms with Crippen LogP contribution in [-0.2, 0) is 4.79 Å². The number of imidazole rings is 1. The highest BCUT2D eigenvalue weighted by atomic mass is 16.3. The van der Waals surface area contributed by atoms with Crippen molar-refractivity contribution in [3.8, 4) is 11.6 Å². The first-order chi connectivity index (χ1) is 9.40. The van der Waals surface area contributed by atoms with Gasteiger partial charge in [0, 0.05) is 18.7 Å². The van der Waals surface area contributed by atoms with Crippen LogP contribution in [-0.4, -0.2) is 20.1 Å². The zero-order valence-corrected chi connectivity index (χ0v) is 11.6. The van der Waals surface area contributed by atoms with Crippen LogP contribution >= 0.6 is 0 Å². The summed E-state index contributed by atoms with van der Waals surface area (Å²) in [6.45, 7) is 5.08. The minimum Gasteiger partial charge on any atom is -0.493 e. The molecule has 0 spiro atoms. The third-order valence-corrected chi connectivity index (χ3v) is 2.89. The summed E-state index contributed by atoms with van der Waals surface area (Å²) in [6, 6.07) is 6.69. The second kappa shape index (κ2) is 5.24. The van der Waals surface area contributed by atoms with Gasteiger partial charge >= 0.3 is 5.69 Å². The molecule has 106 valence electrons. The molecule has 2 N–H and O–H groups in total. The van der Waals surface area contributed by atoms with Crippen molar-refractivity contribution in [2.45, 2.75) is 26.8 Å². The van der Waals surface area contributed by atoms with Gasteiger partial charge in [-0.2, -0.15) is 0 Å². The molecule has 1 aromatic heterocycles. The molecular weight excluding hydrogens is 258 g/mol. The van der Waals surface area contributed by atoms with E-state index in [1.165, 1.54) is 22.3 Å². The summed E-state index contributed by atoms with van der Waals surface area (Å²) in [5.74, 6) is -0.227. The zero-order chi connectivity index (χ0) is 14.9. The van der Waals surface area contributed by atoms with E-state index >= 15 is 0 Å². The Hall–Kier alpha value is -2.50. The standard InChI is InChI=1S/C14H17N3O3/c1-9(2)17-13(19)8-16(14(17)20)12-6-4-11(5-7-12)15-10(3)18/h4-9,19H,1-3H3,(H,15,18). The Morgan fingerprint density at radius 1 is 1.25 bits per heavy atom. The van der Waals surface area contributed by atoms with Crippen molar-refractivity contribution in [2.24, 2.45) is 0 Å². The first-order valence-corrected chi connectivity index (χ1v) is 6.31. The summed E-state index contributed by atoms with van der Waals surface area (Å²) >= 11 is 0. The molecule has 0 atom stereocenters. The van der Waals surface area contributed by atoms with Crippen LogP contribution in [0.4, 0.5) is 5.69 Å². The van der Waals surface area contributed by atoms with E-state index in [4.69, 9.17) is 0 Å². The molecule has 0 unspecified atom stereocenters. The number of aromatic nitrogens is 2. The average Bonchev–Trinajstić information content (AvgIpc) is 2.65. The minimum atomic E-state index is -0.301. The minimum absolute atomic E-state index is 0.0732. The van der Waals surface area contributed by atoms with Crippen molar-refractivity contribution in [1.82, 2.24) is 9.13 Å². The quantitative estimate of drug-likeness (QED) is 0.898. The Morgan fingerprint density at radius 3 is 2.30 bits per heavy atom. The Balaban J connectivity index is 2.40. The van der Waals surface area contributed by atoms with E-state index in [-0.39, 0.29) is 23.5 Å². The van der Waals surface area contributed by atoms with Crippen LogP contribution < -0.4 is 11.0 Å². The van der Waals surface area contributed by atoms with Crippen molar-refractivity contribution in [1.29, 1.82) is 0 Å². The molecule has 0 saturated carbocycles. The van der Waals surface area contributed by atoms with E-state index in [0.29, 0.717) is 11.4 Å². The van der Waals surface area contributed by atoms with Crippen LogP contribution in [0.15, 0.2) is 35.3 Å². The molecule has 0 bridgehead atoms. The Kier molecular flexibility index (Phi) is 3.65. The molecular formula is C14H17N3O3. The van der Waals surface area contributed by atoms with E-state index in [9.17, 15) is 14.7 Å². The number of aromatic hydroxyl groups is 1. The molecule has 6 heteroatoms. The fraction of sp³-hybridized carbons (Fsp3) is 0.286. The molecule has 0 saturated heterocycles. The summed E-state index contributed by atoms with van der Waals surface area (Å²) in [6.07, 6.45) is 1.38. The molecule has 0 fully saturated rings.